The standard InChI is InChI=1S/C4H8F3O3PS/c1-2-9-11(8,12)10-3-4(5,6)7/h2-3H2,1H3,(H,8,12). The van der Waals surface area contributed by atoms with Gasteiger partial charge in [-0.3, -0.25) is 4.52 Å². The van der Waals surface area contributed by atoms with E-state index >= 15 is 0 Å². The topological polar surface area (TPSA) is 38.7 Å². The molecule has 12 heavy (non-hydrogen) atoms. The Labute approximate surface area is 72.7 Å². The van der Waals surface area contributed by atoms with Crippen molar-refractivity contribution in [2.24, 2.45) is 0 Å². The van der Waals surface area contributed by atoms with Gasteiger partial charge in [0.05, 0.1) is 6.61 Å². The van der Waals surface area contributed by atoms with Gasteiger partial charge in [0.15, 0.2) is 6.61 Å². The fourth-order valence-corrected chi connectivity index (χ4v) is 1.54. The molecule has 74 valence electrons. The lowest BCUT2D eigenvalue weighted by Gasteiger charge is -2.15. The van der Waals surface area contributed by atoms with E-state index in [1.165, 1.54) is 6.92 Å². The zero-order valence-electron chi connectivity index (χ0n) is 6.17. The van der Waals surface area contributed by atoms with E-state index in [4.69, 9.17) is 4.89 Å². The molecule has 0 spiro atoms. The lowest BCUT2D eigenvalue weighted by molar-refractivity contribution is -0.155. The van der Waals surface area contributed by atoms with Crippen LogP contribution in [0.1, 0.15) is 6.92 Å². The van der Waals surface area contributed by atoms with Crippen molar-refractivity contribution in [1.82, 2.24) is 0 Å². The van der Waals surface area contributed by atoms with Crippen molar-refractivity contribution < 1.29 is 27.1 Å². The minimum Gasteiger partial charge on any atom is -0.324 e. The summed E-state index contributed by atoms with van der Waals surface area (Å²) in [5.74, 6) is 0. The van der Waals surface area contributed by atoms with E-state index in [0.29, 0.717) is 0 Å². The monoisotopic (exact) mass is 224 g/mol. The third-order valence-electron chi connectivity index (χ3n) is 0.684. The first-order chi connectivity index (χ1) is 5.27. The molecule has 0 aliphatic rings. The number of alkyl halides is 3. The van der Waals surface area contributed by atoms with Gasteiger partial charge >= 0.3 is 12.9 Å². The zero-order valence-corrected chi connectivity index (χ0v) is 7.88. The van der Waals surface area contributed by atoms with Crippen molar-refractivity contribution >= 4 is 18.5 Å². The Bertz CT molecular complexity index is 183. The summed E-state index contributed by atoms with van der Waals surface area (Å²) in [7, 11) is 0. The van der Waals surface area contributed by atoms with Crippen LogP contribution in [-0.2, 0) is 20.9 Å². The fourth-order valence-electron chi connectivity index (χ4n) is 0.355. The summed E-state index contributed by atoms with van der Waals surface area (Å²) in [4.78, 5) is 8.86. The molecule has 0 bridgehead atoms. The summed E-state index contributed by atoms with van der Waals surface area (Å²) in [6.07, 6.45) is -4.50. The maximum absolute atomic E-state index is 11.5. The highest BCUT2D eigenvalue weighted by Crippen LogP contribution is 2.44. The number of hydrogen-bond donors (Lipinski definition) is 1. The summed E-state index contributed by atoms with van der Waals surface area (Å²) in [6.45, 7) is -3.74. The molecule has 1 N–H and O–H groups in total. The van der Waals surface area contributed by atoms with Crippen molar-refractivity contribution in [2.75, 3.05) is 13.2 Å². The molecule has 0 heterocycles. The predicted octanol–water partition coefficient (Wildman–Crippen LogP) is 1.82. The largest absolute Gasteiger partial charge is 0.412 e. The molecular formula is C4H8F3O3PS. The zero-order chi connectivity index (χ0) is 9.83. The van der Waals surface area contributed by atoms with E-state index < -0.39 is 19.5 Å². The smallest absolute Gasteiger partial charge is 0.324 e. The molecule has 0 saturated heterocycles. The van der Waals surface area contributed by atoms with Gasteiger partial charge in [0.1, 0.15) is 0 Å². The van der Waals surface area contributed by atoms with Gasteiger partial charge in [-0.25, -0.2) is 0 Å². The van der Waals surface area contributed by atoms with E-state index in [2.05, 4.69) is 20.9 Å². The number of hydrogen-bond acceptors (Lipinski definition) is 3. The van der Waals surface area contributed by atoms with Crippen LogP contribution in [0.25, 0.3) is 0 Å². The molecule has 3 nitrogen and oxygen atoms in total. The van der Waals surface area contributed by atoms with Gasteiger partial charge in [-0.15, -0.1) is 0 Å². The van der Waals surface area contributed by atoms with E-state index in [1.807, 2.05) is 0 Å². The fraction of sp³-hybridized carbons (Fsp3) is 1.00. The number of halogens is 3. The lowest BCUT2D eigenvalue weighted by Crippen LogP contribution is -2.16. The van der Waals surface area contributed by atoms with Gasteiger partial charge in [0.25, 0.3) is 0 Å². The molecule has 0 aliphatic carbocycles. The Kier molecular flexibility index (Phi) is 4.65. The maximum Gasteiger partial charge on any atom is 0.412 e. The molecule has 0 aromatic rings. The summed E-state index contributed by atoms with van der Waals surface area (Å²) in [6, 6.07) is 0. The summed E-state index contributed by atoms with van der Waals surface area (Å²) < 4.78 is 42.9. The molecule has 0 amide bonds. The van der Waals surface area contributed by atoms with Gasteiger partial charge in [-0.2, -0.15) is 13.2 Å². The quantitative estimate of drug-likeness (QED) is 0.739. The van der Waals surface area contributed by atoms with Crippen LogP contribution in [0, 0.1) is 0 Å². The molecule has 1 atom stereocenters. The molecule has 0 rings (SSSR count). The molecule has 1 unspecified atom stereocenters. The minimum atomic E-state index is -4.50. The molecule has 0 aromatic carbocycles. The van der Waals surface area contributed by atoms with Crippen LogP contribution in [0.2, 0.25) is 0 Å². The number of rotatable bonds is 4. The van der Waals surface area contributed by atoms with Crippen LogP contribution >= 0.6 is 6.72 Å². The Balaban J connectivity index is 3.84. The van der Waals surface area contributed by atoms with E-state index in [1.54, 1.807) is 0 Å². The van der Waals surface area contributed by atoms with Gasteiger partial charge in [0, 0.05) is 0 Å². The Morgan fingerprint density at radius 3 is 2.25 bits per heavy atom. The third kappa shape index (κ3) is 7.00. The van der Waals surface area contributed by atoms with Crippen molar-refractivity contribution in [3.63, 3.8) is 0 Å². The molecular weight excluding hydrogens is 216 g/mol. The average Bonchev–Trinajstić information content (AvgIpc) is 1.83. The van der Waals surface area contributed by atoms with Crippen LogP contribution in [0.15, 0.2) is 0 Å². The van der Waals surface area contributed by atoms with E-state index in [9.17, 15) is 13.2 Å². The van der Waals surface area contributed by atoms with Gasteiger partial charge in [-0.1, -0.05) is 0 Å². The first-order valence-electron chi connectivity index (χ1n) is 2.95. The van der Waals surface area contributed by atoms with Crippen LogP contribution in [0.4, 0.5) is 13.2 Å². The van der Waals surface area contributed by atoms with Crippen molar-refractivity contribution in [3.8, 4) is 0 Å². The van der Waals surface area contributed by atoms with E-state index in [-0.39, 0.29) is 6.61 Å². The van der Waals surface area contributed by atoms with E-state index in [0.717, 1.165) is 0 Å². The summed E-state index contributed by atoms with van der Waals surface area (Å²) >= 11 is 4.23. The second-order valence-electron chi connectivity index (χ2n) is 1.77. The van der Waals surface area contributed by atoms with Crippen LogP contribution in [0.3, 0.4) is 0 Å². The molecule has 0 radical (unpaired) electrons. The lowest BCUT2D eigenvalue weighted by atomic mass is 10.7. The first kappa shape index (κ1) is 12.3. The molecule has 0 aliphatic heterocycles. The molecule has 0 fully saturated rings. The van der Waals surface area contributed by atoms with Crippen molar-refractivity contribution in [3.05, 3.63) is 0 Å². The molecule has 0 saturated carbocycles. The molecule has 0 aromatic heterocycles. The van der Waals surface area contributed by atoms with Crippen LogP contribution in [-0.4, -0.2) is 24.3 Å². The second-order valence-corrected chi connectivity index (χ2v) is 4.61. The third-order valence-corrected chi connectivity index (χ3v) is 2.36. The minimum absolute atomic E-state index is 0.0195. The second kappa shape index (κ2) is 4.53. The Morgan fingerprint density at radius 1 is 1.42 bits per heavy atom. The normalized spacial score (nSPS) is 17.4. The van der Waals surface area contributed by atoms with Crippen LogP contribution < -0.4 is 0 Å². The molecule has 8 heteroatoms. The summed E-state index contributed by atoms with van der Waals surface area (Å²) in [5.41, 5.74) is 0. The first-order valence-corrected chi connectivity index (χ1v) is 5.54. The average molecular weight is 224 g/mol. The van der Waals surface area contributed by atoms with Crippen molar-refractivity contribution in [2.45, 2.75) is 13.1 Å². The van der Waals surface area contributed by atoms with Gasteiger partial charge < -0.3 is 9.42 Å². The maximum atomic E-state index is 11.5. The Hall–Kier alpha value is 0.320. The van der Waals surface area contributed by atoms with Gasteiger partial charge in [0.2, 0.25) is 0 Å². The highest BCUT2D eigenvalue weighted by Gasteiger charge is 2.31. The highest BCUT2D eigenvalue weighted by molar-refractivity contribution is 8.07. The van der Waals surface area contributed by atoms with Crippen LogP contribution in [0.5, 0.6) is 0 Å². The van der Waals surface area contributed by atoms with Crippen molar-refractivity contribution in [1.29, 1.82) is 0 Å². The predicted molar refractivity (Wildman–Crippen MR) is 40.1 cm³/mol. The summed E-state index contributed by atoms with van der Waals surface area (Å²) in [5, 5.41) is 0. The SMILES string of the molecule is CCOP(O)(=S)OCC(F)(F)F. The Morgan fingerprint density at radius 2 is 1.92 bits per heavy atom. The van der Waals surface area contributed by atoms with Gasteiger partial charge in [-0.05, 0) is 18.7 Å². The highest BCUT2D eigenvalue weighted by atomic mass is 32.5.